The van der Waals surface area contributed by atoms with Crippen LogP contribution in [0.15, 0.2) is 47.6 Å². The topological polar surface area (TPSA) is 112 Å². The van der Waals surface area contributed by atoms with Crippen LogP contribution in [0.4, 0.5) is 0 Å². The Morgan fingerprint density at radius 3 is 2.74 bits per heavy atom. The van der Waals surface area contributed by atoms with E-state index < -0.39 is 27.7 Å². The Hall–Kier alpha value is -2.24. The Morgan fingerprint density at radius 1 is 1.20 bits per heavy atom. The summed E-state index contributed by atoms with van der Waals surface area (Å²) in [5.41, 5.74) is 0.475. The molecule has 1 amide bonds. The minimum Gasteiger partial charge on any atom is -0.492 e. The molecular weight excluding hydrogens is 492 g/mol. The number of fused-ring (bicyclic) bond motifs is 2. The van der Waals surface area contributed by atoms with Gasteiger partial charge in [0.25, 0.3) is 0 Å². The molecule has 0 aliphatic carbocycles. The number of rotatable bonds is 2. The molecule has 2 fully saturated rings. The lowest BCUT2D eigenvalue weighted by Gasteiger charge is -2.43. The van der Waals surface area contributed by atoms with Gasteiger partial charge >= 0.3 is 0 Å². The van der Waals surface area contributed by atoms with Crippen molar-refractivity contribution in [2.24, 2.45) is 0 Å². The summed E-state index contributed by atoms with van der Waals surface area (Å²) >= 11 is 6.28. The second-order valence-corrected chi connectivity index (χ2v) is 11.8. The quantitative estimate of drug-likeness (QED) is 0.621. The molecule has 9 nitrogen and oxygen atoms in total. The number of pyridine rings is 1. The maximum Gasteiger partial charge on any atom is 0.247 e. The predicted octanol–water partition coefficient (Wildman–Crippen LogP) is 1.79. The number of halogens is 1. The van der Waals surface area contributed by atoms with Gasteiger partial charge in [-0.05, 0) is 36.6 Å². The number of aliphatic hydroxyl groups excluding tert-OH is 1. The van der Waals surface area contributed by atoms with Crippen LogP contribution < -0.4 is 10.1 Å². The molecule has 1 aromatic heterocycles. The summed E-state index contributed by atoms with van der Waals surface area (Å²) in [6, 6.07) is 7.43. The van der Waals surface area contributed by atoms with Crippen LogP contribution in [0, 0.1) is 0 Å². The second kappa shape index (κ2) is 9.67. The Labute approximate surface area is 210 Å². The van der Waals surface area contributed by atoms with Gasteiger partial charge in [-0.25, -0.2) is 8.42 Å². The van der Waals surface area contributed by atoms with Gasteiger partial charge in [0.05, 0.1) is 17.7 Å². The zero-order chi connectivity index (χ0) is 24.6. The number of nitrogens with zero attached hydrogens (tertiary/aromatic N) is 3. The van der Waals surface area contributed by atoms with Gasteiger partial charge in [0, 0.05) is 57.0 Å². The fourth-order valence-corrected chi connectivity index (χ4v) is 7.20. The summed E-state index contributed by atoms with van der Waals surface area (Å²) in [5.74, 6) is -0.1000. The van der Waals surface area contributed by atoms with Crippen molar-refractivity contribution in [2.75, 3.05) is 26.2 Å². The fraction of sp³-hybridized carbons (Fsp3) is 0.500. The number of amides is 1. The Kier molecular flexibility index (Phi) is 6.75. The molecule has 1 aromatic carbocycles. The molecule has 2 saturated heterocycles. The summed E-state index contributed by atoms with van der Waals surface area (Å²) in [6.07, 6.45) is 4.45. The van der Waals surface area contributed by atoms with Crippen LogP contribution in [0.25, 0.3) is 0 Å². The average Bonchev–Trinajstić information content (AvgIpc) is 3.24. The maximum atomic E-state index is 13.5. The number of para-hydroxylation sites is 1. The van der Waals surface area contributed by atoms with Crippen molar-refractivity contribution in [3.05, 3.63) is 53.3 Å². The minimum absolute atomic E-state index is 0.0203. The van der Waals surface area contributed by atoms with E-state index in [4.69, 9.17) is 16.3 Å². The van der Waals surface area contributed by atoms with Crippen LogP contribution in [0.2, 0.25) is 5.02 Å². The molecule has 4 heterocycles. The first kappa shape index (κ1) is 24.5. The average molecular weight is 521 g/mol. The number of likely N-dealkylation sites (tertiary alicyclic amines) is 1. The van der Waals surface area contributed by atoms with E-state index in [9.17, 15) is 18.3 Å². The van der Waals surface area contributed by atoms with E-state index in [1.807, 2.05) is 6.07 Å². The molecule has 0 unspecified atom stereocenters. The highest BCUT2D eigenvalue weighted by molar-refractivity contribution is 7.89. The standard InChI is InChI=1S/C24H29ClN4O5S/c25-19-14-26-9-5-17(19)15-28-10-6-24(7-11-28)8-12-34-21-3-1-2-4-22(21)35(32,33)29-16-18(30)13-20(29)23(31)27-24/h1-5,9,14,18,20,30H,6-8,10-13,15-16H2,(H,27,31)/t18-,20+/m1/s1. The molecule has 0 radical (unpaired) electrons. The largest absolute Gasteiger partial charge is 0.492 e. The van der Waals surface area contributed by atoms with E-state index in [1.165, 1.54) is 6.07 Å². The van der Waals surface area contributed by atoms with E-state index >= 15 is 0 Å². The molecule has 1 spiro atoms. The minimum atomic E-state index is -4.03. The zero-order valence-electron chi connectivity index (χ0n) is 19.3. The van der Waals surface area contributed by atoms with Crippen LogP contribution in [-0.4, -0.2) is 77.5 Å². The number of hydrogen-bond donors (Lipinski definition) is 2. The van der Waals surface area contributed by atoms with E-state index in [0.29, 0.717) is 30.8 Å². The number of nitrogens with one attached hydrogen (secondary N) is 1. The molecule has 188 valence electrons. The lowest BCUT2D eigenvalue weighted by atomic mass is 9.84. The van der Waals surface area contributed by atoms with Gasteiger partial charge in [0.2, 0.25) is 15.9 Å². The molecule has 0 bridgehead atoms. The van der Waals surface area contributed by atoms with Crippen molar-refractivity contribution >= 4 is 27.5 Å². The molecular formula is C24H29ClN4O5S. The normalized spacial score (nSPS) is 26.7. The summed E-state index contributed by atoms with van der Waals surface area (Å²) in [4.78, 5) is 19.8. The number of piperidine rings is 1. The van der Waals surface area contributed by atoms with Gasteiger partial charge in [-0.3, -0.25) is 14.7 Å². The van der Waals surface area contributed by atoms with Crippen molar-refractivity contribution in [2.45, 2.75) is 54.8 Å². The molecule has 2 atom stereocenters. The third kappa shape index (κ3) is 4.90. The van der Waals surface area contributed by atoms with Crippen molar-refractivity contribution in [3.8, 4) is 5.75 Å². The van der Waals surface area contributed by atoms with Gasteiger partial charge in [0.1, 0.15) is 16.7 Å². The van der Waals surface area contributed by atoms with Crippen molar-refractivity contribution in [1.82, 2.24) is 19.5 Å². The molecule has 11 heteroatoms. The van der Waals surface area contributed by atoms with Crippen molar-refractivity contribution in [3.63, 3.8) is 0 Å². The van der Waals surface area contributed by atoms with E-state index in [0.717, 1.165) is 23.0 Å². The maximum absolute atomic E-state index is 13.5. The molecule has 5 rings (SSSR count). The molecule has 0 saturated carbocycles. The smallest absolute Gasteiger partial charge is 0.247 e. The number of aromatic nitrogens is 1. The van der Waals surface area contributed by atoms with Crippen LogP contribution >= 0.6 is 11.6 Å². The second-order valence-electron chi connectivity index (χ2n) is 9.54. The van der Waals surface area contributed by atoms with Gasteiger partial charge in [-0.15, -0.1) is 0 Å². The zero-order valence-corrected chi connectivity index (χ0v) is 20.8. The summed E-state index contributed by atoms with van der Waals surface area (Å²) in [6.45, 7) is 2.32. The van der Waals surface area contributed by atoms with Gasteiger partial charge in [-0.2, -0.15) is 4.31 Å². The molecule has 2 N–H and O–H groups in total. The van der Waals surface area contributed by atoms with Crippen LogP contribution in [0.3, 0.4) is 0 Å². The Bertz CT molecular complexity index is 1200. The monoisotopic (exact) mass is 520 g/mol. The van der Waals surface area contributed by atoms with Crippen molar-refractivity contribution < 1.29 is 23.1 Å². The number of carbonyl (C=O) groups is 1. The third-order valence-electron chi connectivity index (χ3n) is 7.26. The SMILES string of the molecule is O=C1NC2(CCOc3ccccc3S(=O)(=O)N3C[C@H](O)C[C@@H]13)CCN(Cc1ccncc1Cl)CC2. The van der Waals surface area contributed by atoms with E-state index in [2.05, 4.69) is 15.2 Å². The molecule has 35 heavy (non-hydrogen) atoms. The predicted molar refractivity (Wildman–Crippen MR) is 129 cm³/mol. The molecule has 3 aliphatic rings. The van der Waals surface area contributed by atoms with Gasteiger partial charge in [0.15, 0.2) is 0 Å². The van der Waals surface area contributed by atoms with E-state index in [1.54, 1.807) is 30.6 Å². The number of sulfonamides is 1. The molecule has 2 aromatic rings. The number of hydrogen-bond acceptors (Lipinski definition) is 7. The number of benzene rings is 1. The lowest BCUT2D eigenvalue weighted by Crippen LogP contribution is -2.59. The van der Waals surface area contributed by atoms with Crippen LogP contribution in [-0.2, 0) is 21.4 Å². The summed E-state index contributed by atoms with van der Waals surface area (Å²) in [7, 11) is -4.03. The van der Waals surface area contributed by atoms with Crippen LogP contribution in [0.1, 0.15) is 31.2 Å². The van der Waals surface area contributed by atoms with E-state index in [-0.39, 0.29) is 36.1 Å². The third-order valence-corrected chi connectivity index (χ3v) is 9.52. The number of aliphatic hydroxyl groups is 1. The van der Waals surface area contributed by atoms with Crippen molar-refractivity contribution in [1.29, 1.82) is 0 Å². The first-order chi connectivity index (χ1) is 16.8. The van der Waals surface area contributed by atoms with Crippen LogP contribution in [0.5, 0.6) is 5.75 Å². The number of carbonyl (C=O) groups excluding carboxylic acids is 1. The van der Waals surface area contributed by atoms with Gasteiger partial charge < -0.3 is 15.2 Å². The summed E-state index contributed by atoms with van der Waals surface area (Å²) in [5, 5.41) is 14.1. The fourth-order valence-electron chi connectivity index (χ4n) is 5.25. The Balaban J connectivity index is 1.39. The number of ether oxygens (including phenoxy) is 1. The molecule has 3 aliphatic heterocycles. The Morgan fingerprint density at radius 2 is 1.97 bits per heavy atom. The highest BCUT2D eigenvalue weighted by atomic mass is 35.5. The van der Waals surface area contributed by atoms with Gasteiger partial charge in [-0.1, -0.05) is 23.7 Å². The highest BCUT2D eigenvalue weighted by Crippen LogP contribution is 2.35. The lowest BCUT2D eigenvalue weighted by molar-refractivity contribution is -0.127. The summed E-state index contributed by atoms with van der Waals surface area (Å²) < 4.78 is 34.0. The first-order valence-corrected chi connectivity index (χ1v) is 13.6. The first-order valence-electron chi connectivity index (χ1n) is 11.8. The highest BCUT2D eigenvalue weighted by Gasteiger charge is 2.47.